The second-order valence-electron chi connectivity index (χ2n) is 8.43. The van der Waals surface area contributed by atoms with Gasteiger partial charge in [0.1, 0.15) is 0 Å². The molecule has 29 heavy (non-hydrogen) atoms. The van der Waals surface area contributed by atoms with E-state index in [0.29, 0.717) is 12.8 Å². The lowest BCUT2D eigenvalue weighted by molar-refractivity contribution is -0.172. The number of ketones is 1. The molecule has 3 atom stereocenters. The van der Waals surface area contributed by atoms with E-state index < -0.39 is 36.0 Å². The number of aliphatic hydroxyl groups is 3. The Morgan fingerprint density at radius 1 is 0.828 bits per heavy atom. The van der Waals surface area contributed by atoms with Gasteiger partial charge in [-0.05, 0) is 19.8 Å². The van der Waals surface area contributed by atoms with Crippen molar-refractivity contribution >= 4 is 11.8 Å². The number of aliphatic carboxylic acids is 1. The normalized spacial score (nSPS) is 15.6. The van der Waals surface area contributed by atoms with Crippen LogP contribution in [0.2, 0.25) is 0 Å². The number of hydrogen-bond acceptors (Lipinski definition) is 5. The minimum Gasteiger partial charge on any atom is -0.479 e. The van der Waals surface area contributed by atoms with Gasteiger partial charge in [-0.25, -0.2) is 4.79 Å². The first-order valence-electron chi connectivity index (χ1n) is 11.6. The Kier molecular flexibility index (Phi) is 16.2. The summed E-state index contributed by atoms with van der Waals surface area (Å²) in [4.78, 5) is 23.3. The van der Waals surface area contributed by atoms with E-state index >= 15 is 0 Å². The Labute approximate surface area is 176 Å². The lowest BCUT2D eigenvalue weighted by atomic mass is 9.77. The second kappa shape index (κ2) is 16.8. The SMILES string of the molecule is CCCCCCCCCCCCCCCC(CC(O)CO)C(O)(C(C)=O)C(=O)O. The topological polar surface area (TPSA) is 115 Å². The molecule has 4 N–H and O–H groups in total. The molecule has 0 aliphatic rings. The Morgan fingerprint density at radius 2 is 1.24 bits per heavy atom. The molecule has 3 unspecified atom stereocenters. The summed E-state index contributed by atoms with van der Waals surface area (Å²) < 4.78 is 0. The second-order valence-corrected chi connectivity index (χ2v) is 8.43. The first kappa shape index (κ1) is 28.0. The number of carbonyl (C=O) groups is 2. The van der Waals surface area contributed by atoms with E-state index in [1.165, 1.54) is 57.8 Å². The van der Waals surface area contributed by atoms with Crippen LogP contribution in [0, 0.1) is 5.92 Å². The van der Waals surface area contributed by atoms with Gasteiger partial charge in [0.05, 0.1) is 12.7 Å². The van der Waals surface area contributed by atoms with Crippen molar-refractivity contribution in [3.8, 4) is 0 Å². The van der Waals surface area contributed by atoms with Crippen LogP contribution >= 0.6 is 0 Å². The highest BCUT2D eigenvalue weighted by atomic mass is 16.4. The minimum atomic E-state index is -2.51. The average molecular weight is 417 g/mol. The molecule has 0 rings (SSSR count). The van der Waals surface area contributed by atoms with Gasteiger partial charge in [-0.1, -0.05) is 90.4 Å². The zero-order chi connectivity index (χ0) is 22.1. The van der Waals surface area contributed by atoms with Gasteiger partial charge in [0, 0.05) is 5.92 Å². The number of rotatable bonds is 20. The summed E-state index contributed by atoms with van der Waals surface area (Å²) in [5.41, 5.74) is -2.51. The molecule has 0 amide bonds. The van der Waals surface area contributed by atoms with E-state index in [0.717, 1.165) is 26.2 Å². The Hall–Kier alpha value is -0.980. The maximum atomic E-state index is 11.8. The summed E-state index contributed by atoms with van der Waals surface area (Å²) in [5.74, 6) is -3.34. The number of carboxylic acids is 1. The predicted molar refractivity (Wildman–Crippen MR) is 115 cm³/mol. The highest BCUT2D eigenvalue weighted by molar-refractivity contribution is 6.05. The zero-order valence-electron chi connectivity index (χ0n) is 18.6. The monoisotopic (exact) mass is 416 g/mol. The van der Waals surface area contributed by atoms with E-state index in [9.17, 15) is 24.9 Å². The van der Waals surface area contributed by atoms with Crippen molar-refractivity contribution in [1.82, 2.24) is 0 Å². The molecule has 6 nitrogen and oxygen atoms in total. The first-order valence-corrected chi connectivity index (χ1v) is 11.6. The van der Waals surface area contributed by atoms with Gasteiger partial charge >= 0.3 is 5.97 Å². The highest BCUT2D eigenvalue weighted by Gasteiger charge is 2.48. The molecule has 0 bridgehead atoms. The number of hydrogen-bond donors (Lipinski definition) is 4. The van der Waals surface area contributed by atoms with E-state index in [4.69, 9.17) is 5.11 Å². The van der Waals surface area contributed by atoms with Crippen LogP contribution in [0.25, 0.3) is 0 Å². The maximum absolute atomic E-state index is 11.8. The Bertz CT molecular complexity index is 423. The quantitative estimate of drug-likeness (QED) is 0.174. The third kappa shape index (κ3) is 11.7. The third-order valence-electron chi connectivity index (χ3n) is 5.88. The minimum absolute atomic E-state index is 0.114. The summed E-state index contributed by atoms with van der Waals surface area (Å²) in [6.45, 7) is 2.76. The summed E-state index contributed by atoms with van der Waals surface area (Å²) >= 11 is 0. The lowest BCUT2D eigenvalue weighted by Gasteiger charge is -2.31. The molecule has 0 aromatic heterocycles. The molecule has 0 fully saturated rings. The Balaban J connectivity index is 4.09. The molecular weight excluding hydrogens is 372 g/mol. The van der Waals surface area contributed by atoms with Crippen molar-refractivity contribution in [2.75, 3.05) is 6.61 Å². The van der Waals surface area contributed by atoms with Crippen molar-refractivity contribution in [2.45, 2.75) is 122 Å². The van der Waals surface area contributed by atoms with Gasteiger partial charge in [0.25, 0.3) is 0 Å². The van der Waals surface area contributed by atoms with Crippen LogP contribution in [0.15, 0.2) is 0 Å². The van der Waals surface area contributed by atoms with Crippen LogP contribution in [0.1, 0.15) is 110 Å². The van der Waals surface area contributed by atoms with Crippen LogP contribution in [0.4, 0.5) is 0 Å². The fourth-order valence-corrected chi connectivity index (χ4v) is 3.92. The smallest absolute Gasteiger partial charge is 0.343 e. The van der Waals surface area contributed by atoms with Gasteiger partial charge in [-0.2, -0.15) is 0 Å². The molecular formula is C23H44O6. The maximum Gasteiger partial charge on any atom is 0.343 e. The van der Waals surface area contributed by atoms with Crippen LogP contribution in [0.5, 0.6) is 0 Å². The van der Waals surface area contributed by atoms with E-state index in [2.05, 4.69) is 6.92 Å². The summed E-state index contributed by atoms with van der Waals surface area (Å²) in [6, 6.07) is 0. The molecule has 6 heteroatoms. The number of Topliss-reactive ketones (excluding diaryl/α,β-unsaturated/α-hetero) is 1. The molecule has 0 aromatic carbocycles. The molecule has 0 aliphatic heterocycles. The number of carbonyl (C=O) groups excluding carboxylic acids is 1. The van der Waals surface area contributed by atoms with Crippen molar-refractivity contribution in [3.63, 3.8) is 0 Å². The molecule has 0 aliphatic carbocycles. The summed E-state index contributed by atoms with van der Waals surface area (Å²) in [5, 5.41) is 38.5. The highest BCUT2D eigenvalue weighted by Crippen LogP contribution is 2.30. The Morgan fingerprint density at radius 3 is 1.59 bits per heavy atom. The van der Waals surface area contributed by atoms with Gasteiger partial charge < -0.3 is 20.4 Å². The van der Waals surface area contributed by atoms with Crippen LogP contribution in [-0.2, 0) is 9.59 Å². The zero-order valence-corrected chi connectivity index (χ0v) is 18.6. The largest absolute Gasteiger partial charge is 0.479 e. The van der Waals surface area contributed by atoms with Gasteiger partial charge in [-0.15, -0.1) is 0 Å². The van der Waals surface area contributed by atoms with Gasteiger partial charge in [-0.3, -0.25) is 4.79 Å². The van der Waals surface area contributed by atoms with E-state index in [-0.39, 0.29) is 6.42 Å². The molecule has 0 heterocycles. The molecule has 0 aromatic rings. The summed E-state index contributed by atoms with van der Waals surface area (Å²) in [7, 11) is 0. The molecule has 0 saturated carbocycles. The lowest BCUT2D eigenvalue weighted by Crippen LogP contribution is -2.52. The van der Waals surface area contributed by atoms with Gasteiger partial charge in [0.15, 0.2) is 5.78 Å². The number of unbranched alkanes of at least 4 members (excludes halogenated alkanes) is 12. The standard InChI is InChI=1S/C23H44O6/c1-3-4-5-6-7-8-9-10-11-12-13-14-15-16-20(17-21(26)18-24)23(29,19(2)25)22(27)28/h20-21,24,26,29H,3-18H2,1-2H3,(H,27,28). The van der Waals surface area contributed by atoms with E-state index in [1.54, 1.807) is 0 Å². The van der Waals surface area contributed by atoms with Crippen LogP contribution in [-0.4, -0.2) is 50.5 Å². The number of carboxylic acid groups (broad SMARTS) is 1. The van der Waals surface area contributed by atoms with E-state index in [1.807, 2.05) is 0 Å². The molecule has 0 spiro atoms. The fraction of sp³-hybridized carbons (Fsp3) is 0.913. The third-order valence-corrected chi connectivity index (χ3v) is 5.88. The average Bonchev–Trinajstić information content (AvgIpc) is 2.69. The molecule has 0 saturated heterocycles. The van der Waals surface area contributed by atoms with Crippen molar-refractivity contribution < 1.29 is 30.0 Å². The van der Waals surface area contributed by atoms with Gasteiger partial charge in [0.2, 0.25) is 5.60 Å². The molecule has 172 valence electrons. The molecule has 0 radical (unpaired) electrons. The van der Waals surface area contributed by atoms with Crippen LogP contribution in [0.3, 0.4) is 0 Å². The predicted octanol–water partition coefficient (Wildman–Crippen LogP) is 4.23. The first-order chi connectivity index (χ1) is 13.8. The van der Waals surface area contributed by atoms with Crippen molar-refractivity contribution in [3.05, 3.63) is 0 Å². The fourth-order valence-electron chi connectivity index (χ4n) is 3.92. The number of aliphatic hydroxyl groups excluding tert-OH is 2. The van der Waals surface area contributed by atoms with Crippen LogP contribution < -0.4 is 0 Å². The summed E-state index contributed by atoms with van der Waals surface area (Å²) in [6.07, 6.45) is 14.6. The van der Waals surface area contributed by atoms with Crippen molar-refractivity contribution in [1.29, 1.82) is 0 Å². The van der Waals surface area contributed by atoms with Crippen molar-refractivity contribution in [2.24, 2.45) is 5.92 Å².